The van der Waals surface area contributed by atoms with Gasteiger partial charge < -0.3 is 20.3 Å². The predicted octanol–water partition coefficient (Wildman–Crippen LogP) is 1.44. The van der Waals surface area contributed by atoms with Crippen molar-refractivity contribution in [2.75, 3.05) is 38.6 Å². The zero-order valence-corrected chi connectivity index (χ0v) is 16.0. The van der Waals surface area contributed by atoms with Crippen LogP contribution < -0.4 is 15.5 Å². The molecule has 1 aliphatic heterocycles. The van der Waals surface area contributed by atoms with Crippen molar-refractivity contribution in [1.82, 2.24) is 20.5 Å². The van der Waals surface area contributed by atoms with Gasteiger partial charge in [0, 0.05) is 58.1 Å². The van der Waals surface area contributed by atoms with E-state index in [-0.39, 0.29) is 24.3 Å². The Bertz CT molecular complexity index is 556. The van der Waals surface area contributed by atoms with E-state index in [9.17, 15) is 4.79 Å². The number of pyridine rings is 1. The molecule has 25 heavy (non-hydrogen) atoms. The van der Waals surface area contributed by atoms with Gasteiger partial charge in [-0.3, -0.25) is 4.90 Å². The van der Waals surface area contributed by atoms with Crippen molar-refractivity contribution >= 4 is 11.8 Å². The fourth-order valence-corrected chi connectivity index (χ4v) is 3.16. The van der Waals surface area contributed by atoms with E-state index in [4.69, 9.17) is 4.74 Å². The van der Waals surface area contributed by atoms with Crippen LogP contribution in [0.25, 0.3) is 0 Å². The molecule has 7 nitrogen and oxygen atoms in total. The molecule has 3 atom stereocenters. The van der Waals surface area contributed by atoms with E-state index in [1.54, 1.807) is 6.20 Å². The number of anilines is 1. The van der Waals surface area contributed by atoms with E-state index in [0.717, 1.165) is 24.5 Å². The molecule has 1 aliphatic rings. The zero-order chi connectivity index (χ0) is 18.4. The fraction of sp³-hybridized carbons (Fsp3) is 0.667. The molecule has 0 aromatic carbocycles. The molecular weight excluding hydrogens is 318 g/mol. The second-order valence-corrected chi connectivity index (χ2v) is 7.00. The molecule has 2 rings (SSSR count). The van der Waals surface area contributed by atoms with E-state index in [0.29, 0.717) is 13.1 Å². The summed E-state index contributed by atoms with van der Waals surface area (Å²) in [6.07, 6.45) is 2.22. The van der Waals surface area contributed by atoms with Gasteiger partial charge in [0.1, 0.15) is 5.82 Å². The summed E-state index contributed by atoms with van der Waals surface area (Å²) in [6, 6.07) is 3.97. The minimum Gasteiger partial charge on any atom is -0.373 e. The van der Waals surface area contributed by atoms with Crippen LogP contribution in [0.4, 0.5) is 10.6 Å². The zero-order valence-electron chi connectivity index (χ0n) is 16.0. The summed E-state index contributed by atoms with van der Waals surface area (Å²) in [5.41, 5.74) is 0.992. The van der Waals surface area contributed by atoms with E-state index in [1.165, 1.54) is 0 Å². The number of urea groups is 1. The number of morpholine rings is 1. The Balaban J connectivity index is 1.77. The maximum atomic E-state index is 12.1. The third-order valence-electron chi connectivity index (χ3n) is 4.36. The Morgan fingerprint density at radius 3 is 2.68 bits per heavy atom. The number of nitrogens with zero attached hydrogens (tertiary/aromatic N) is 3. The van der Waals surface area contributed by atoms with E-state index >= 15 is 0 Å². The van der Waals surface area contributed by atoms with Crippen molar-refractivity contribution in [2.24, 2.45) is 0 Å². The highest BCUT2D eigenvalue weighted by Crippen LogP contribution is 2.14. The van der Waals surface area contributed by atoms with Crippen LogP contribution >= 0.6 is 0 Å². The first-order valence-corrected chi connectivity index (χ1v) is 8.89. The number of rotatable bonds is 6. The lowest BCUT2D eigenvalue weighted by molar-refractivity contribution is -0.0778. The summed E-state index contributed by atoms with van der Waals surface area (Å²) in [4.78, 5) is 20.8. The number of hydrogen-bond donors (Lipinski definition) is 2. The maximum absolute atomic E-state index is 12.1. The average molecular weight is 349 g/mol. The van der Waals surface area contributed by atoms with Crippen LogP contribution in [0.15, 0.2) is 18.3 Å². The van der Waals surface area contributed by atoms with Crippen molar-refractivity contribution in [1.29, 1.82) is 0 Å². The van der Waals surface area contributed by atoms with E-state index < -0.39 is 0 Å². The first kappa shape index (κ1) is 19.5. The number of amides is 2. The summed E-state index contributed by atoms with van der Waals surface area (Å²) in [5, 5.41) is 5.87. The number of carbonyl (C=O) groups excluding carboxylic acids is 1. The Morgan fingerprint density at radius 1 is 1.36 bits per heavy atom. The summed E-state index contributed by atoms with van der Waals surface area (Å²) < 4.78 is 5.76. The number of aromatic nitrogens is 1. The van der Waals surface area contributed by atoms with Gasteiger partial charge in [0.05, 0.1) is 12.2 Å². The van der Waals surface area contributed by atoms with Crippen LogP contribution in [0.3, 0.4) is 0 Å². The molecule has 0 spiro atoms. The lowest BCUT2D eigenvalue weighted by Gasteiger charge is -2.38. The highest BCUT2D eigenvalue weighted by atomic mass is 16.5. The Labute approximate surface area is 150 Å². The maximum Gasteiger partial charge on any atom is 0.315 e. The minimum absolute atomic E-state index is 0.158. The van der Waals surface area contributed by atoms with Crippen molar-refractivity contribution in [2.45, 2.75) is 45.6 Å². The number of nitrogens with one attached hydrogen (secondary N) is 2. The Morgan fingerprint density at radius 2 is 2.04 bits per heavy atom. The first-order chi connectivity index (χ1) is 11.9. The van der Waals surface area contributed by atoms with Gasteiger partial charge in [0.2, 0.25) is 0 Å². The van der Waals surface area contributed by atoms with E-state index in [1.807, 2.05) is 31.1 Å². The monoisotopic (exact) mass is 349 g/mol. The molecule has 1 aromatic rings. The molecule has 140 valence electrons. The molecule has 0 bridgehead atoms. The SMILES string of the molecule is C[C@@H]1CN([C@H](C)CNC(=O)NCc2cccnc2N(C)C)C[C@H](C)O1. The molecule has 2 N–H and O–H groups in total. The van der Waals surface area contributed by atoms with Crippen molar-refractivity contribution < 1.29 is 9.53 Å². The standard InChI is InChI=1S/C18H31N5O2/c1-13(23-11-14(2)25-15(3)12-23)9-20-18(24)21-10-16-7-6-8-19-17(16)22(4)5/h6-8,13-15H,9-12H2,1-5H3,(H2,20,21,24)/t13-,14-,15+/m1/s1. The van der Waals surface area contributed by atoms with Gasteiger partial charge in [-0.15, -0.1) is 0 Å². The molecule has 0 saturated carbocycles. The van der Waals surface area contributed by atoms with Gasteiger partial charge >= 0.3 is 6.03 Å². The number of hydrogen-bond acceptors (Lipinski definition) is 5. The third-order valence-corrected chi connectivity index (χ3v) is 4.36. The second-order valence-electron chi connectivity index (χ2n) is 7.00. The second kappa shape index (κ2) is 9.01. The van der Waals surface area contributed by atoms with Crippen LogP contribution in [0.2, 0.25) is 0 Å². The van der Waals surface area contributed by atoms with Crippen LogP contribution in [-0.4, -0.2) is 67.9 Å². The van der Waals surface area contributed by atoms with Gasteiger partial charge in [-0.25, -0.2) is 9.78 Å². The Kier molecular flexibility index (Phi) is 7.01. The lowest BCUT2D eigenvalue weighted by atomic mass is 10.2. The molecule has 2 amide bonds. The molecule has 1 fully saturated rings. The lowest BCUT2D eigenvalue weighted by Crippen LogP contribution is -2.52. The summed E-state index contributed by atoms with van der Waals surface area (Å²) >= 11 is 0. The molecule has 2 heterocycles. The van der Waals surface area contributed by atoms with Crippen LogP contribution in [0.5, 0.6) is 0 Å². The molecule has 7 heteroatoms. The third kappa shape index (κ3) is 5.86. The van der Waals surface area contributed by atoms with Crippen molar-refractivity contribution in [3.05, 3.63) is 23.9 Å². The highest BCUT2D eigenvalue weighted by molar-refractivity contribution is 5.74. The highest BCUT2D eigenvalue weighted by Gasteiger charge is 2.25. The van der Waals surface area contributed by atoms with Crippen LogP contribution in [0, 0.1) is 0 Å². The molecule has 0 radical (unpaired) electrons. The van der Waals surface area contributed by atoms with Gasteiger partial charge in [0.15, 0.2) is 0 Å². The van der Waals surface area contributed by atoms with Crippen molar-refractivity contribution in [3.8, 4) is 0 Å². The fourth-order valence-electron chi connectivity index (χ4n) is 3.16. The molecule has 1 aromatic heterocycles. The first-order valence-electron chi connectivity index (χ1n) is 8.89. The molecular formula is C18H31N5O2. The van der Waals surface area contributed by atoms with Crippen LogP contribution in [0.1, 0.15) is 26.3 Å². The summed E-state index contributed by atoms with van der Waals surface area (Å²) in [5.74, 6) is 0.868. The average Bonchev–Trinajstić information content (AvgIpc) is 2.57. The van der Waals surface area contributed by atoms with Crippen LogP contribution in [-0.2, 0) is 11.3 Å². The smallest absolute Gasteiger partial charge is 0.315 e. The normalized spacial score (nSPS) is 22.3. The molecule has 0 aliphatic carbocycles. The van der Waals surface area contributed by atoms with Gasteiger partial charge in [-0.1, -0.05) is 6.07 Å². The van der Waals surface area contributed by atoms with Gasteiger partial charge in [-0.05, 0) is 26.8 Å². The largest absolute Gasteiger partial charge is 0.373 e. The Hall–Kier alpha value is -1.86. The molecule has 0 unspecified atom stereocenters. The van der Waals surface area contributed by atoms with E-state index in [2.05, 4.69) is 41.3 Å². The topological polar surface area (TPSA) is 69.7 Å². The summed E-state index contributed by atoms with van der Waals surface area (Å²) in [6.45, 7) is 9.17. The molecule has 1 saturated heterocycles. The number of ether oxygens (including phenoxy) is 1. The predicted molar refractivity (Wildman–Crippen MR) is 99.8 cm³/mol. The number of carbonyl (C=O) groups is 1. The minimum atomic E-state index is -0.158. The quantitative estimate of drug-likeness (QED) is 0.813. The van der Waals surface area contributed by atoms with Gasteiger partial charge in [0.25, 0.3) is 0 Å². The van der Waals surface area contributed by atoms with Crippen molar-refractivity contribution in [3.63, 3.8) is 0 Å². The summed E-state index contributed by atoms with van der Waals surface area (Å²) in [7, 11) is 3.88. The van der Waals surface area contributed by atoms with Gasteiger partial charge in [-0.2, -0.15) is 0 Å².